The topological polar surface area (TPSA) is 49.3 Å². The van der Waals surface area contributed by atoms with Crippen molar-refractivity contribution in [1.82, 2.24) is 5.32 Å². The summed E-state index contributed by atoms with van der Waals surface area (Å²) >= 11 is 1.62. The van der Waals surface area contributed by atoms with Crippen molar-refractivity contribution in [3.8, 4) is 0 Å². The Kier molecular flexibility index (Phi) is 3.17. The number of hydrogen-bond acceptors (Lipinski definition) is 3. The summed E-state index contributed by atoms with van der Waals surface area (Å²) in [5.41, 5.74) is 0. The highest BCUT2D eigenvalue weighted by Gasteiger charge is 2.29. The molecule has 68 valence electrons. The van der Waals surface area contributed by atoms with Crippen LogP contribution < -0.4 is 5.32 Å². The fourth-order valence-corrected chi connectivity index (χ4v) is 2.05. The molecule has 1 rings (SSSR count). The van der Waals surface area contributed by atoms with Crippen LogP contribution >= 0.6 is 11.8 Å². The quantitative estimate of drug-likeness (QED) is 0.605. The fourth-order valence-electron chi connectivity index (χ4n) is 1.28. The molecule has 1 aliphatic rings. The number of carbonyl (C=O) groups excluding carboxylic acids is 1. The summed E-state index contributed by atoms with van der Waals surface area (Å²) in [5.74, 6) is -0.0956. The van der Waals surface area contributed by atoms with E-state index in [1.165, 1.54) is 6.92 Å². The van der Waals surface area contributed by atoms with Crippen molar-refractivity contribution in [2.45, 2.75) is 24.3 Å². The number of aliphatic hydroxyl groups excluding tert-OH is 1. The SMILES string of the molecule is CSC1C=CC(O)C1NC(C)=O. The molecule has 0 aromatic carbocycles. The zero-order valence-electron chi connectivity index (χ0n) is 7.15. The van der Waals surface area contributed by atoms with Crippen LogP contribution in [0, 0.1) is 0 Å². The molecule has 0 fully saturated rings. The van der Waals surface area contributed by atoms with Gasteiger partial charge in [0.25, 0.3) is 0 Å². The highest BCUT2D eigenvalue weighted by atomic mass is 32.2. The van der Waals surface area contributed by atoms with Gasteiger partial charge in [-0.2, -0.15) is 11.8 Å². The van der Waals surface area contributed by atoms with Gasteiger partial charge in [-0.25, -0.2) is 0 Å². The Hall–Kier alpha value is -0.480. The van der Waals surface area contributed by atoms with E-state index in [1.54, 1.807) is 17.8 Å². The molecule has 0 radical (unpaired) electrons. The van der Waals surface area contributed by atoms with E-state index < -0.39 is 6.10 Å². The second kappa shape index (κ2) is 3.96. The molecule has 1 aliphatic carbocycles. The molecule has 0 aromatic rings. The highest BCUT2D eigenvalue weighted by Crippen LogP contribution is 2.22. The van der Waals surface area contributed by atoms with Crippen molar-refractivity contribution in [1.29, 1.82) is 0 Å². The first-order valence-electron chi connectivity index (χ1n) is 3.81. The maximum Gasteiger partial charge on any atom is 0.217 e. The van der Waals surface area contributed by atoms with Crippen molar-refractivity contribution in [3.63, 3.8) is 0 Å². The summed E-state index contributed by atoms with van der Waals surface area (Å²) in [7, 11) is 0. The predicted molar refractivity (Wildman–Crippen MR) is 50.1 cm³/mol. The van der Waals surface area contributed by atoms with Crippen LogP contribution in [0.5, 0.6) is 0 Å². The first kappa shape index (κ1) is 9.61. The summed E-state index contributed by atoms with van der Waals surface area (Å²) in [6.07, 6.45) is 5.07. The molecule has 0 aliphatic heterocycles. The fraction of sp³-hybridized carbons (Fsp3) is 0.625. The van der Waals surface area contributed by atoms with Crippen molar-refractivity contribution < 1.29 is 9.90 Å². The molecule has 0 bridgehead atoms. The Morgan fingerprint density at radius 3 is 2.75 bits per heavy atom. The maximum atomic E-state index is 10.7. The van der Waals surface area contributed by atoms with Crippen molar-refractivity contribution in [2.24, 2.45) is 0 Å². The van der Waals surface area contributed by atoms with E-state index in [2.05, 4.69) is 5.32 Å². The lowest BCUT2D eigenvalue weighted by Gasteiger charge is -2.21. The average molecular weight is 187 g/mol. The number of carbonyl (C=O) groups is 1. The predicted octanol–water partition coefficient (Wildman–Crippen LogP) is 0.153. The van der Waals surface area contributed by atoms with Crippen LogP contribution in [0.25, 0.3) is 0 Å². The van der Waals surface area contributed by atoms with Gasteiger partial charge in [-0.1, -0.05) is 12.2 Å². The van der Waals surface area contributed by atoms with Gasteiger partial charge in [0.2, 0.25) is 5.91 Å². The molecule has 12 heavy (non-hydrogen) atoms. The minimum absolute atomic E-state index is 0.0956. The van der Waals surface area contributed by atoms with E-state index in [9.17, 15) is 9.90 Å². The Morgan fingerprint density at radius 2 is 2.25 bits per heavy atom. The summed E-state index contributed by atoms with van der Waals surface area (Å²) in [6, 6.07) is -0.155. The molecule has 0 saturated heterocycles. The second-order valence-corrected chi connectivity index (χ2v) is 3.82. The number of nitrogens with one attached hydrogen (secondary N) is 1. The van der Waals surface area contributed by atoms with Crippen LogP contribution in [0.3, 0.4) is 0 Å². The third-order valence-electron chi connectivity index (χ3n) is 1.86. The maximum absolute atomic E-state index is 10.7. The molecule has 3 unspecified atom stereocenters. The van der Waals surface area contributed by atoms with Crippen LogP contribution in [-0.4, -0.2) is 34.7 Å². The highest BCUT2D eigenvalue weighted by molar-refractivity contribution is 7.99. The number of aliphatic hydroxyl groups is 1. The minimum atomic E-state index is -0.536. The Morgan fingerprint density at radius 1 is 1.58 bits per heavy atom. The average Bonchev–Trinajstić information content (AvgIpc) is 2.32. The summed E-state index contributed by atoms with van der Waals surface area (Å²) < 4.78 is 0. The van der Waals surface area contributed by atoms with E-state index in [0.29, 0.717) is 0 Å². The van der Waals surface area contributed by atoms with Gasteiger partial charge < -0.3 is 10.4 Å². The van der Waals surface area contributed by atoms with Crippen LogP contribution in [0.1, 0.15) is 6.92 Å². The molecule has 3 nitrogen and oxygen atoms in total. The summed E-state index contributed by atoms with van der Waals surface area (Å²) in [4.78, 5) is 10.7. The standard InChI is InChI=1S/C8H13NO2S/c1-5(10)9-8-6(11)3-4-7(8)12-2/h3-4,6-8,11H,1-2H3,(H,9,10). The zero-order chi connectivity index (χ0) is 9.14. The van der Waals surface area contributed by atoms with Crippen molar-refractivity contribution in [2.75, 3.05) is 6.26 Å². The summed E-state index contributed by atoms with van der Waals surface area (Å²) in [5, 5.41) is 12.3. The lowest BCUT2D eigenvalue weighted by Crippen LogP contribution is -2.44. The van der Waals surface area contributed by atoms with Crippen LogP contribution in [0.15, 0.2) is 12.2 Å². The van der Waals surface area contributed by atoms with Gasteiger partial charge in [-0.15, -0.1) is 0 Å². The zero-order valence-corrected chi connectivity index (χ0v) is 7.97. The van der Waals surface area contributed by atoms with Crippen LogP contribution in [-0.2, 0) is 4.79 Å². The number of thioether (sulfide) groups is 1. The van der Waals surface area contributed by atoms with E-state index >= 15 is 0 Å². The summed E-state index contributed by atoms with van der Waals surface area (Å²) in [6.45, 7) is 1.46. The van der Waals surface area contributed by atoms with Gasteiger partial charge in [0, 0.05) is 12.2 Å². The van der Waals surface area contributed by atoms with Gasteiger partial charge in [0.15, 0.2) is 0 Å². The van der Waals surface area contributed by atoms with Gasteiger partial charge in [0.05, 0.1) is 12.1 Å². The lowest BCUT2D eigenvalue weighted by molar-refractivity contribution is -0.120. The minimum Gasteiger partial charge on any atom is -0.387 e. The van der Waals surface area contributed by atoms with Gasteiger partial charge in [-0.3, -0.25) is 4.79 Å². The third kappa shape index (κ3) is 2.01. The van der Waals surface area contributed by atoms with Crippen molar-refractivity contribution >= 4 is 17.7 Å². The second-order valence-electron chi connectivity index (χ2n) is 2.80. The normalized spacial score (nSPS) is 33.8. The molecule has 0 spiro atoms. The molecular weight excluding hydrogens is 174 g/mol. The number of rotatable bonds is 2. The number of hydrogen-bond donors (Lipinski definition) is 2. The molecule has 1 amide bonds. The molecule has 0 heterocycles. The van der Waals surface area contributed by atoms with Crippen LogP contribution in [0.2, 0.25) is 0 Å². The molecule has 0 aromatic heterocycles. The molecule has 3 atom stereocenters. The molecule has 4 heteroatoms. The van der Waals surface area contributed by atoms with Crippen LogP contribution in [0.4, 0.5) is 0 Å². The van der Waals surface area contributed by atoms with Gasteiger partial charge in [-0.05, 0) is 6.26 Å². The molecule has 2 N–H and O–H groups in total. The van der Waals surface area contributed by atoms with Gasteiger partial charge in [0.1, 0.15) is 0 Å². The Labute approximate surface area is 76.2 Å². The monoisotopic (exact) mass is 187 g/mol. The Bertz CT molecular complexity index is 205. The first-order valence-corrected chi connectivity index (χ1v) is 5.10. The smallest absolute Gasteiger partial charge is 0.217 e. The number of amides is 1. The van der Waals surface area contributed by atoms with E-state index in [0.717, 1.165) is 0 Å². The van der Waals surface area contributed by atoms with E-state index in [1.807, 2.05) is 12.3 Å². The van der Waals surface area contributed by atoms with E-state index in [4.69, 9.17) is 0 Å². The lowest BCUT2D eigenvalue weighted by atomic mass is 10.2. The third-order valence-corrected chi connectivity index (χ3v) is 2.86. The van der Waals surface area contributed by atoms with E-state index in [-0.39, 0.29) is 17.2 Å². The molecule has 0 saturated carbocycles. The first-order chi connectivity index (χ1) is 5.65. The largest absolute Gasteiger partial charge is 0.387 e. The van der Waals surface area contributed by atoms with Crippen molar-refractivity contribution in [3.05, 3.63) is 12.2 Å². The molecular formula is C8H13NO2S. The Balaban J connectivity index is 2.55. The van der Waals surface area contributed by atoms with Gasteiger partial charge >= 0.3 is 0 Å².